The van der Waals surface area contributed by atoms with E-state index < -0.39 is 0 Å². The summed E-state index contributed by atoms with van der Waals surface area (Å²) in [5, 5.41) is 0. The first kappa shape index (κ1) is 13.4. The second-order valence-corrected chi connectivity index (χ2v) is 5.89. The van der Waals surface area contributed by atoms with Gasteiger partial charge in [0.1, 0.15) is 0 Å². The van der Waals surface area contributed by atoms with Crippen LogP contribution in [0, 0.1) is 11.8 Å². The van der Waals surface area contributed by atoms with Gasteiger partial charge in [-0.1, -0.05) is 33.6 Å². The summed E-state index contributed by atoms with van der Waals surface area (Å²) in [6.07, 6.45) is 8.81. The fraction of sp³-hybridized carbons (Fsp3) is 1.00. The largest absolute Gasteiger partial charge is 0.350 e. The predicted octanol–water partition coefficient (Wildman–Crippen LogP) is 4.13. The molecule has 0 saturated carbocycles. The first-order valence-electron chi connectivity index (χ1n) is 7.52. The molecular weight excluding hydrogens is 212 g/mol. The predicted molar refractivity (Wildman–Crippen MR) is 69.9 cm³/mol. The van der Waals surface area contributed by atoms with Crippen LogP contribution in [0.1, 0.15) is 65.7 Å². The molecule has 2 aliphatic heterocycles. The normalized spacial score (nSPS) is 38.8. The monoisotopic (exact) mass is 240 g/mol. The van der Waals surface area contributed by atoms with Gasteiger partial charge in [0.05, 0.1) is 12.7 Å². The van der Waals surface area contributed by atoms with E-state index in [-0.39, 0.29) is 5.79 Å². The topological polar surface area (TPSA) is 18.5 Å². The number of hydrogen-bond acceptors (Lipinski definition) is 2. The third-order valence-electron chi connectivity index (χ3n) is 4.72. The Bertz CT molecular complexity index is 229. The molecule has 0 aromatic carbocycles. The van der Waals surface area contributed by atoms with Gasteiger partial charge in [0.2, 0.25) is 0 Å². The van der Waals surface area contributed by atoms with E-state index in [1.54, 1.807) is 0 Å². The Labute approximate surface area is 106 Å². The molecule has 0 bridgehead atoms. The van der Waals surface area contributed by atoms with Gasteiger partial charge >= 0.3 is 0 Å². The van der Waals surface area contributed by atoms with Crippen LogP contribution in [-0.4, -0.2) is 18.5 Å². The van der Waals surface area contributed by atoms with E-state index in [0.717, 1.165) is 19.4 Å². The van der Waals surface area contributed by atoms with Gasteiger partial charge in [0.15, 0.2) is 5.79 Å². The lowest BCUT2D eigenvalue weighted by Gasteiger charge is -2.47. The van der Waals surface area contributed by atoms with E-state index >= 15 is 0 Å². The highest BCUT2D eigenvalue weighted by Crippen LogP contribution is 2.42. The highest BCUT2D eigenvalue weighted by atomic mass is 16.7. The molecule has 17 heavy (non-hydrogen) atoms. The van der Waals surface area contributed by atoms with E-state index in [2.05, 4.69) is 20.8 Å². The van der Waals surface area contributed by atoms with Crippen molar-refractivity contribution in [3.8, 4) is 0 Å². The Morgan fingerprint density at radius 2 is 1.94 bits per heavy atom. The number of ether oxygens (including phenoxy) is 2. The third kappa shape index (κ3) is 2.85. The maximum absolute atomic E-state index is 6.45. The molecule has 2 aliphatic rings. The van der Waals surface area contributed by atoms with Crippen molar-refractivity contribution in [1.82, 2.24) is 0 Å². The Hall–Kier alpha value is -0.0800. The van der Waals surface area contributed by atoms with Crippen molar-refractivity contribution in [2.24, 2.45) is 11.8 Å². The molecule has 100 valence electrons. The van der Waals surface area contributed by atoms with Crippen LogP contribution in [-0.2, 0) is 9.47 Å². The Kier molecular flexibility index (Phi) is 4.48. The minimum atomic E-state index is -0.210. The van der Waals surface area contributed by atoms with Crippen LogP contribution in [0.15, 0.2) is 0 Å². The molecule has 0 aromatic heterocycles. The zero-order chi connectivity index (χ0) is 12.3. The number of hydrogen-bond donors (Lipinski definition) is 0. The van der Waals surface area contributed by atoms with E-state index in [0.29, 0.717) is 17.9 Å². The van der Waals surface area contributed by atoms with Crippen molar-refractivity contribution in [3.05, 3.63) is 0 Å². The first-order valence-corrected chi connectivity index (χ1v) is 7.52. The van der Waals surface area contributed by atoms with Gasteiger partial charge in [-0.05, 0) is 31.1 Å². The Morgan fingerprint density at radius 3 is 2.53 bits per heavy atom. The highest BCUT2D eigenvalue weighted by molar-refractivity contribution is 4.86. The van der Waals surface area contributed by atoms with E-state index in [1.165, 1.54) is 32.1 Å². The molecule has 2 saturated heterocycles. The quantitative estimate of drug-likeness (QED) is 0.738. The smallest absolute Gasteiger partial charge is 0.168 e. The van der Waals surface area contributed by atoms with Crippen molar-refractivity contribution < 1.29 is 9.47 Å². The van der Waals surface area contributed by atoms with Gasteiger partial charge < -0.3 is 9.47 Å². The summed E-state index contributed by atoms with van der Waals surface area (Å²) in [6.45, 7) is 7.81. The van der Waals surface area contributed by atoms with Crippen molar-refractivity contribution in [2.75, 3.05) is 6.61 Å². The van der Waals surface area contributed by atoms with Crippen molar-refractivity contribution in [3.63, 3.8) is 0 Å². The summed E-state index contributed by atoms with van der Waals surface area (Å²) < 4.78 is 12.5. The molecule has 2 rings (SSSR count). The van der Waals surface area contributed by atoms with E-state index in [9.17, 15) is 0 Å². The second kappa shape index (κ2) is 5.71. The molecular formula is C15H28O2. The van der Waals surface area contributed by atoms with Gasteiger partial charge in [-0.25, -0.2) is 0 Å². The van der Waals surface area contributed by atoms with Crippen LogP contribution in [0.2, 0.25) is 0 Å². The summed E-state index contributed by atoms with van der Waals surface area (Å²) in [6, 6.07) is 0. The fourth-order valence-corrected chi connectivity index (χ4v) is 3.47. The first-order chi connectivity index (χ1) is 8.21. The third-order valence-corrected chi connectivity index (χ3v) is 4.72. The van der Waals surface area contributed by atoms with E-state index in [1.807, 2.05) is 0 Å². The van der Waals surface area contributed by atoms with Crippen molar-refractivity contribution in [2.45, 2.75) is 77.6 Å². The van der Waals surface area contributed by atoms with Crippen LogP contribution in [0.3, 0.4) is 0 Å². The summed E-state index contributed by atoms with van der Waals surface area (Å²) >= 11 is 0. The van der Waals surface area contributed by atoms with Gasteiger partial charge in [-0.3, -0.25) is 0 Å². The minimum Gasteiger partial charge on any atom is -0.350 e. The molecule has 0 N–H and O–H groups in total. The lowest BCUT2D eigenvalue weighted by atomic mass is 9.81. The van der Waals surface area contributed by atoms with Crippen LogP contribution in [0.4, 0.5) is 0 Å². The van der Waals surface area contributed by atoms with Gasteiger partial charge in [-0.15, -0.1) is 0 Å². The molecule has 2 heteroatoms. The summed E-state index contributed by atoms with van der Waals surface area (Å²) in [5.41, 5.74) is 0. The lowest BCUT2D eigenvalue weighted by Crippen LogP contribution is -2.50. The lowest BCUT2D eigenvalue weighted by molar-refractivity contribution is -0.312. The molecule has 2 heterocycles. The molecule has 0 aromatic rings. The molecule has 0 unspecified atom stereocenters. The SMILES string of the molecule is CCC(CC)[C@H]1O[C@@]2(CCCCO2)CC[C@H]1C. The molecule has 3 atom stereocenters. The Morgan fingerprint density at radius 1 is 1.18 bits per heavy atom. The fourth-order valence-electron chi connectivity index (χ4n) is 3.47. The summed E-state index contributed by atoms with van der Waals surface area (Å²) in [5.74, 6) is 1.18. The standard InChI is InChI=1S/C15H28O2/c1-4-13(5-2)14-12(3)8-10-15(17-14)9-6-7-11-16-15/h12-14H,4-11H2,1-3H3/t12-,14+,15+/m1/s1. The maximum Gasteiger partial charge on any atom is 0.168 e. The average molecular weight is 240 g/mol. The van der Waals surface area contributed by atoms with Crippen molar-refractivity contribution in [1.29, 1.82) is 0 Å². The summed E-state index contributed by atoms with van der Waals surface area (Å²) in [4.78, 5) is 0. The van der Waals surface area contributed by atoms with Crippen molar-refractivity contribution >= 4 is 0 Å². The second-order valence-electron chi connectivity index (χ2n) is 5.89. The summed E-state index contributed by atoms with van der Waals surface area (Å²) in [7, 11) is 0. The van der Waals surface area contributed by atoms with Crippen LogP contribution < -0.4 is 0 Å². The molecule has 2 fully saturated rings. The molecule has 0 amide bonds. The molecule has 0 radical (unpaired) electrons. The zero-order valence-electron chi connectivity index (χ0n) is 11.7. The highest BCUT2D eigenvalue weighted by Gasteiger charge is 2.43. The van der Waals surface area contributed by atoms with Crippen LogP contribution in [0.5, 0.6) is 0 Å². The van der Waals surface area contributed by atoms with Crippen LogP contribution in [0.25, 0.3) is 0 Å². The molecule has 1 spiro atoms. The van der Waals surface area contributed by atoms with Gasteiger partial charge in [0.25, 0.3) is 0 Å². The van der Waals surface area contributed by atoms with Gasteiger partial charge in [0, 0.05) is 12.8 Å². The molecule has 0 aliphatic carbocycles. The Balaban J connectivity index is 2.04. The maximum atomic E-state index is 6.45. The average Bonchev–Trinajstić information content (AvgIpc) is 2.36. The molecule has 2 nitrogen and oxygen atoms in total. The zero-order valence-corrected chi connectivity index (χ0v) is 11.7. The van der Waals surface area contributed by atoms with Crippen LogP contribution >= 0.6 is 0 Å². The number of rotatable bonds is 3. The van der Waals surface area contributed by atoms with E-state index in [4.69, 9.17) is 9.47 Å². The minimum absolute atomic E-state index is 0.210. The van der Waals surface area contributed by atoms with Gasteiger partial charge in [-0.2, -0.15) is 0 Å².